The molecule has 4 nitrogen and oxygen atoms in total. The zero-order chi connectivity index (χ0) is 12.3. The average Bonchev–Trinajstić information content (AvgIpc) is 2.00. The third kappa shape index (κ3) is 3.65. The predicted molar refractivity (Wildman–Crippen MR) is 44.8 cm³/mol. The first-order chi connectivity index (χ1) is 6.62. The van der Waals surface area contributed by atoms with Crippen molar-refractivity contribution in [1.82, 2.24) is 5.32 Å². The summed E-state index contributed by atoms with van der Waals surface area (Å²) >= 11 is 0. The highest BCUT2D eigenvalue weighted by Crippen LogP contribution is 2.29. The summed E-state index contributed by atoms with van der Waals surface area (Å²) < 4.78 is 41.4. The van der Waals surface area contributed by atoms with Crippen LogP contribution < -0.4 is 5.32 Å². The van der Waals surface area contributed by atoms with Gasteiger partial charge < -0.3 is 4.74 Å². The SMILES string of the molecule is CC(C)OC(=O)NC(C)(C#N)C(F)(F)F. The van der Waals surface area contributed by atoms with Gasteiger partial charge in [-0.25, -0.2) is 4.79 Å². The number of carbonyl (C=O) groups excluding carboxylic acids is 1. The summed E-state index contributed by atoms with van der Waals surface area (Å²) in [6, 6.07) is 0.986. The van der Waals surface area contributed by atoms with E-state index >= 15 is 0 Å². The van der Waals surface area contributed by atoms with E-state index in [-0.39, 0.29) is 0 Å². The molecule has 0 spiro atoms. The van der Waals surface area contributed by atoms with Crippen LogP contribution >= 0.6 is 0 Å². The first-order valence-electron chi connectivity index (χ1n) is 4.09. The maximum Gasteiger partial charge on any atom is 0.424 e. The van der Waals surface area contributed by atoms with Crippen LogP contribution in [0.3, 0.4) is 0 Å². The quantitative estimate of drug-likeness (QED) is 0.779. The first-order valence-corrected chi connectivity index (χ1v) is 4.09. The van der Waals surface area contributed by atoms with Crippen LogP contribution in [0.4, 0.5) is 18.0 Å². The fourth-order valence-electron chi connectivity index (χ4n) is 0.610. The lowest BCUT2D eigenvalue weighted by molar-refractivity contribution is -0.172. The number of nitrogens with one attached hydrogen (secondary N) is 1. The Morgan fingerprint density at radius 2 is 1.93 bits per heavy atom. The van der Waals surface area contributed by atoms with Gasteiger partial charge in [-0.15, -0.1) is 0 Å². The molecule has 0 rings (SSSR count). The number of hydrogen-bond donors (Lipinski definition) is 1. The number of nitrogens with zero attached hydrogens (tertiary/aromatic N) is 1. The molecule has 15 heavy (non-hydrogen) atoms. The van der Waals surface area contributed by atoms with E-state index in [1.54, 1.807) is 0 Å². The number of ether oxygens (including phenoxy) is 1. The second-order valence-electron chi connectivity index (χ2n) is 3.31. The van der Waals surface area contributed by atoms with Crippen LogP contribution in [-0.2, 0) is 4.74 Å². The highest BCUT2D eigenvalue weighted by Gasteiger charge is 2.53. The summed E-state index contributed by atoms with van der Waals surface area (Å²) in [5.41, 5.74) is -2.93. The molecule has 0 heterocycles. The van der Waals surface area contributed by atoms with Crippen molar-refractivity contribution in [1.29, 1.82) is 5.26 Å². The monoisotopic (exact) mass is 224 g/mol. The van der Waals surface area contributed by atoms with Gasteiger partial charge in [0.15, 0.2) is 0 Å². The zero-order valence-corrected chi connectivity index (χ0v) is 8.47. The topological polar surface area (TPSA) is 62.1 Å². The second-order valence-corrected chi connectivity index (χ2v) is 3.31. The summed E-state index contributed by atoms with van der Waals surface area (Å²) in [6.07, 6.45) is -6.68. The van der Waals surface area contributed by atoms with Gasteiger partial charge in [-0.2, -0.15) is 18.4 Å². The predicted octanol–water partition coefficient (Wildman–Crippen LogP) is 1.97. The molecule has 0 aliphatic rings. The molecule has 0 aromatic heterocycles. The van der Waals surface area contributed by atoms with E-state index in [9.17, 15) is 18.0 Å². The molecule has 1 N–H and O–H groups in total. The van der Waals surface area contributed by atoms with Gasteiger partial charge >= 0.3 is 12.3 Å². The van der Waals surface area contributed by atoms with Crippen LogP contribution in [0, 0.1) is 11.3 Å². The Balaban J connectivity index is 4.62. The van der Waals surface area contributed by atoms with Crippen molar-refractivity contribution in [3.63, 3.8) is 0 Å². The summed E-state index contributed by atoms with van der Waals surface area (Å²) in [5.74, 6) is 0. The van der Waals surface area contributed by atoms with Crippen molar-refractivity contribution >= 4 is 6.09 Å². The Morgan fingerprint density at radius 1 is 1.47 bits per heavy atom. The van der Waals surface area contributed by atoms with E-state index in [1.807, 2.05) is 0 Å². The smallest absolute Gasteiger partial charge is 0.424 e. The van der Waals surface area contributed by atoms with Gasteiger partial charge in [0.25, 0.3) is 0 Å². The lowest BCUT2D eigenvalue weighted by Gasteiger charge is -2.25. The fourth-order valence-corrected chi connectivity index (χ4v) is 0.610. The highest BCUT2D eigenvalue weighted by atomic mass is 19.4. The molecule has 0 fully saturated rings. The van der Waals surface area contributed by atoms with Gasteiger partial charge in [-0.1, -0.05) is 0 Å². The lowest BCUT2D eigenvalue weighted by atomic mass is 10.1. The Kier molecular flexibility index (Phi) is 3.96. The first kappa shape index (κ1) is 13.5. The van der Waals surface area contributed by atoms with Gasteiger partial charge in [0, 0.05) is 0 Å². The largest absolute Gasteiger partial charge is 0.447 e. The Bertz CT molecular complexity index is 283. The molecule has 1 unspecified atom stereocenters. The van der Waals surface area contributed by atoms with Gasteiger partial charge in [0.1, 0.15) is 6.07 Å². The van der Waals surface area contributed by atoms with Gasteiger partial charge in [0.05, 0.1) is 6.10 Å². The standard InChI is InChI=1S/C8H11F3N2O2/c1-5(2)15-6(14)13-7(3,4-12)8(9,10)11/h5H,1-3H3,(H,13,14). The molecule has 0 bridgehead atoms. The zero-order valence-electron chi connectivity index (χ0n) is 8.47. The molecule has 0 aliphatic heterocycles. The molecule has 1 atom stereocenters. The van der Waals surface area contributed by atoms with Crippen LogP contribution in [0.5, 0.6) is 0 Å². The molecule has 86 valence electrons. The number of rotatable bonds is 2. The summed E-state index contributed by atoms with van der Waals surface area (Å²) in [5, 5.41) is 9.83. The molecule has 0 aromatic carbocycles. The molecule has 0 saturated carbocycles. The Morgan fingerprint density at radius 3 is 2.20 bits per heavy atom. The molecular formula is C8H11F3N2O2. The van der Waals surface area contributed by atoms with Crippen LogP contribution in [0.1, 0.15) is 20.8 Å². The number of alkyl halides is 3. The van der Waals surface area contributed by atoms with Crippen molar-refractivity contribution in [3.8, 4) is 6.07 Å². The number of alkyl carbamates (subject to hydrolysis) is 1. The average molecular weight is 224 g/mol. The van der Waals surface area contributed by atoms with Gasteiger partial charge in [-0.3, -0.25) is 5.32 Å². The van der Waals surface area contributed by atoms with Crippen molar-refractivity contribution < 1.29 is 22.7 Å². The van der Waals surface area contributed by atoms with Crippen LogP contribution in [0.2, 0.25) is 0 Å². The number of halogens is 3. The number of hydrogen-bond acceptors (Lipinski definition) is 3. The number of nitriles is 1. The maximum absolute atomic E-state index is 12.3. The van der Waals surface area contributed by atoms with Gasteiger partial charge in [-0.05, 0) is 20.8 Å². The molecule has 7 heteroatoms. The van der Waals surface area contributed by atoms with Crippen LogP contribution in [0.25, 0.3) is 0 Å². The Labute approximate surface area is 85.0 Å². The molecule has 0 aliphatic carbocycles. The fraction of sp³-hybridized carbons (Fsp3) is 0.750. The van der Waals surface area contributed by atoms with E-state index in [0.717, 1.165) is 6.07 Å². The van der Waals surface area contributed by atoms with E-state index in [0.29, 0.717) is 6.92 Å². The molecule has 1 amide bonds. The maximum atomic E-state index is 12.3. The minimum Gasteiger partial charge on any atom is -0.447 e. The van der Waals surface area contributed by atoms with Crippen LogP contribution in [-0.4, -0.2) is 23.9 Å². The van der Waals surface area contributed by atoms with Crippen molar-refractivity contribution in [2.45, 2.75) is 38.6 Å². The lowest BCUT2D eigenvalue weighted by Crippen LogP contribution is -2.55. The normalized spacial score (nSPS) is 15.3. The highest BCUT2D eigenvalue weighted by molar-refractivity contribution is 5.69. The summed E-state index contributed by atoms with van der Waals surface area (Å²) in [4.78, 5) is 10.9. The molecule has 0 saturated heterocycles. The molecular weight excluding hydrogens is 213 g/mol. The summed E-state index contributed by atoms with van der Waals surface area (Å²) in [7, 11) is 0. The summed E-state index contributed by atoms with van der Waals surface area (Å²) in [6.45, 7) is 3.53. The minimum absolute atomic E-state index is 0.554. The third-order valence-electron chi connectivity index (χ3n) is 1.49. The minimum atomic E-state index is -4.85. The Hall–Kier alpha value is -1.45. The number of carbonyl (C=O) groups is 1. The van der Waals surface area contributed by atoms with E-state index in [1.165, 1.54) is 19.2 Å². The van der Waals surface area contributed by atoms with E-state index in [4.69, 9.17) is 5.26 Å². The van der Waals surface area contributed by atoms with Crippen molar-refractivity contribution in [3.05, 3.63) is 0 Å². The van der Waals surface area contributed by atoms with Crippen LogP contribution in [0.15, 0.2) is 0 Å². The van der Waals surface area contributed by atoms with Gasteiger partial charge in [0.2, 0.25) is 5.54 Å². The van der Waals surface area contributed by atoms with E-state index < -0.39 is 23.9 Å². The molecule has 0 aromatic rings. The second kappa shape index (κ2) is 4.38. The number of amides is 1. The van der Waals surface area contributed by atoms with Crippen molar-refractivity contribution in [2.75, 3.05) is 0 Å². The third-order valence-corrected chi connectivity index (χ3v) is 1.49. The van der Waals surface area contributed by atoms with E-state index in [2.05, 4.69) is 4.74 Å². The van der Waals surface area contributed by atoms with Crippen molar-refractivity contribution in [2.24, 2.45) is 0 Å². The molecule has 0 radical (unpaired) electrons.